The van der Waals surface area contributed by atoms with Crippen LogP contribution in [0.1, 0.15) is 33.6 Å². The number of carbonyl (C=O) groups excluding carboxylic acids is 1. The van der Waals surface area contributed by atoms with Crippen molar-refractivity contribution in [3.05, 3.63) is 12.4 Å². The summed E-state index contributed by atoms with van der Waals surface area (Å²) in [7, 11) is 0. The Morgan fingerprint density at radius 3 is 2.12 bits per heavy atom. The van der Waals surface area contributed by atoms with E-state index in [1.165, 1.54) is 11.8 Å². The number of amides is 1. The summed E-state index contributed by atoms with van der Waals surface area (Å²) < 4.78 is 12.4. The van der Waals surface area contributed by atoms with Gasteiger partial charge in [0.25, 0.3) is 5.91 Å². The highest BCUT2D eigenvalue weighted by Gasteiger charge is 2.21. The Labute approximate surface area is 103 Å². The summed E-state index contributed by atoms with van der Waals surface area (Å²) >= 11 is 0. The molecule has 0 saturated carbocycles. The average molecular weight is 243 g/mol. The highest BCUT2D eigenvalue weighted by atomic mass is 19.1. The van der Waals surface area contributed by atoms with Crippen LogP contribution in [-0.2, 0) is 4.79 Å². The Morgan fingerprint density at radius 2 is 1.82 bits per heavy atom. The van der Waals surface area contributed by atoms with Crippen molar-refractivity contribution in [2.75, 3.05) is 13.1 Å². The van der Waals surface area contributed by atoms with Crippen molar-refractivity contribution >= 4 is 5.91 Å². The van der Waals surface area contributed by atoms with Gasteiger partial charge in [0.15, 0.2) is 5.83 Å². The minimum atomic E-state index is -0.884. The van der Waals surface area contributed by atoms with Crippen molar-refractivity contribution in [1.82, 2.24) is 4.90 Å². The lowest BCUT2D eigenvalue weighted by Gasteiger charge is -2.29. The third-order valence-electron chi connectivity index (χ3n) is 2.06. The standard InChI is InChI=1S/C8H13FN2O.C2H3N.C2H6/c1-6(9)8(12)11-4-2-7(10)3-5-11;1-2-3;1-2/h7H,1-5,10H2;1H3;1-2H3. The van der Waals surface area contributed by atoms with Gasteiger partial charge in [-0.25, -0.2) is 4.39 Å². The van der Waals surface area contributed by atoms with E-state index in [-0.39, 0.29) is 6.04 Å². The van der Waals surface area contributed by atoms with Gasteiger partial charge in [-0.2, -0.15) is 5.26 Å². The number of likely N-dealkylation sites (tertiary alicyclic amines) is 1. The van der Waals surface area contributed by atoms with Crippen LogP contribution in [0.25, 0.3) is 0 Å². The zero-order chi connectivity index (χ0) is 13.8. The minimum absolute atomic E-state index is 0.155. The van der Waals surface area contributed by atoms with E-state index in [9.17, 15) is 9.18 Å². The summed E-state index contributed by atoms with van der Waals surface area (Å²) in [6, 6.07) is 1.90. The molecule has 0 aromatic carbocycles. The van der Waals surface area contributed by atoms with Crippen molar-refractivity contribution < 1.29 is 9.18 Å². The van der Waals surface area contributed by atoms with Crippen molar-refractivity contribution in [3.8, 4) is 6.07 Å². The summed E-state index contributed by atoms with van der Waals surface area (Å²) in [6.45, 7) is 9.48. The number of nitrogens with two attached hydrogens (primary N) is 1. The molecule has 1 amide bonds. The van der Waals surface area contributed by atoms with Crippen LogP contribution in [-0.4, -0.2) is 29.9 Å². The molecule has 1 heterocycles. The molecule has 98 valence electrons. The normalized spacial score (nSPS) is 14.5. The van der Waals surface area contributed by atoms with E-state index in [1.54, 1.807) is 6.07 Å². The second-order valence-electron chi connectivity index (χ2n) is 3.26. The molecule has 0 aromatic heterocycles. The molecule has 0 radical (unpaired) electrons. The quantitative estimate of drug-likeness (QED) is 0.716. The van der Waals surface area contributed by atoms with E-state index in [4.69, 9.17) is 11.0 Å². The molecular formula is C12H22FN3O. The molecule has 0 spiro atoms. The molecule has 1 rings (SSSR count). The van der Waals surface area contributed by atoms with Gasteiger partial charge in [-0.15, -0.1) is 0 Å². The van der Waals surface area contributed by atoms with Crippen molar-refractivity contribution in [2.24, 2.45) is 5.73 Å². The van der Waals surface area contributed by atoms with Gasteiger partial charge in [-0.05, 0) is 12.8 Å². The fourth-order valence-electron chi connectivity index (χ4n) is 1.27. The number of hydrogen-bond donors (Lipinski definition) is 1. The summed E-state index contributed by atoms with van der Waals surface area (Å²) in [5.41, 5.74) is 5.62. The number of nitriles is 1. The van der Waals surface area contributed by atoms with Crippen LogP contribution in [0.15, 0.2) is 12.4 Å². The lowest BCUT2D eigenvalue weighted by atomic mass is 10.1. The molecule has 5 heteroatoms. The van der Waals surface area contributed by atoms with Crippen molar-refractivity contribution in [2.45, 2.75) is 39.7 Å². The summed E-state index contributed by atoms with van der Waals surface area (Å²) in [5, 5.41) is 7.32. The van der Waals surface area contributed by atoms with Crippen LogP contribution in [0.2, 0.25) is 0 Å². The van der Waals surface area contributed by atoms with Gasteiger partial charge < -0.3 is 10.6 Å². The van der Waals surface area contributed by atoms with Crippen molar-refractivity contribution in [3.63, 3.8) is 0 Å². The van der Waals surface area contributed by atoms with Crippen LogP contribution >= 0.6 is 0 Å². The van der Waals surface area contributed by atoms with Gasteiger partial charge in [-0.3, -0.25) is 4.79 Å². The second-order valence-corrected chi connectivity index (χ2v) is 3.26. The number of piperidine rings is 1. The zero-order valence-electron chi connectivity index (χ0n) is 10.9. The molecular weight excluding hydrogens is 221 g/mol. The molecule has 0 atom stereocenters. The first-order chi connectivity index (χ1) is 8.02. The first kappa shape index (κ1) is 18.0. The van der Waals surface area contributed by atoms with Gasteiger partial charge in [0, 0.05) is 26.1 Å². The maximum Gasteiger partial charge on any atom is 0.281 e. The fraction of sp³-hybridized carbons (Fsp3) is 0.667. The lowest BCUT2D eigenvalue weighted by molar-refractivity contribution is -0.129. The Balaban J connectivity index is 0. The minimum Gasteiger partial charge on any atom is -0.337 e. The number of carbonyl (C=O) groups is 1. The largest absolute Gasteiger partial charge is 0.337 e. The highest BCUT2D eigenvalue weighted by molar-refractivity contribution is 5.90. The van der Waals surface area contributed by atoms with Gasteiger partial charge in [-0.1, -0.05) is 20.4 Å². The molecule has 0 aromatic rings. The summed E-state index contributed by atoms with van der Waals surface area (Å²) in [6.07, 6.45) is 1.50. The number of halogens is 1. The lowest BCUT2D eigenvalue weighted by Crippen LogP contribution is -2.42. The van der Waals surface area contributed by atoms with E-state index in [2.05, 4.69) is 6.58 Å². The molecule has 4 nitrogen and oxygen atoms in total. The average Bonchev–Trinajstić information content (AvgIpc) is 2.32. The topological polar surface area (TPSA) is 70.1 Å². The first-order valence-electron chi connectivity index (χ1n) is 5.73. The van der Waals surface area contributed by atoms with Gasteiger partial charge >= 0.3 is 0 Å². The maximum absolute atomic E-state index is 12.4. The van der Waals surface area contributed by atoms with Crippen LogP contribution in [0.5, 0.6) is 0 Å². The van der Waals surface area contributed by atoms with E-state index >= 15 is 0 Å². The smallest absolute Gasteiger partial charge is 0.281 e. The second kappa shape index (κ2) is 11.1. The molecule has 1 aliphatic rings. The molecule has 0 bridgehead atoms. The Kier molecular flexibility index (Phi) is 11.7. The van der Waals surface area contributed by atoms with Gasteiger partial charge in [0.05, 0.1) is 6.07 Å². The molecule has 1 fully saturated rings. The molecule has 2 N–H and O–H groups in total. The molecule has 1 saturated heterocycles. The predicted octanol–water partition coefficient (Wildman–Crippen LogP) is 1.98. The molecule has 0 aliphatic carbocycles. The first-order valence-corrected chi connectivity index (χ1v) is 5.73. The maximum atomic E-state index is 12.4. The third-order valence-corrected chi connectivity index (χ3v) is 2.06. The van der Waals surface area contributed by atoms with Crippen LogP contribution < -0.4 is 5.73 Å². The fourth-order valence-corrected chi connectivity index (χ4v) is 1.27. The summed E-state index contributed by atoms with van der Waals surface area (Å²) in [4.78, 5) is 12.5. The van der Waals surface area contributed by atoms with Crippen LogP contribution in [0.3, 0.4) is 0 Å². The van der Waals surface area contributed by atoms with E-state index < -0.39 is 11.7 Å². The molecule has 0 unspecified atom stereocenters. The Hall–Kier alpha value is -1.41. The van der Waals surface area contributed by atoms with E-state index in [1.807, 2.05) is 13.8 Å². The van der Waals surface area contributed by atoms with Gasteiger partial charge in [0.2, 0.25) is 0 Å². The highest BCUT2D eigenvalue weighted by Crippen LogP contribution is 2.11. The monoisotopic (exact) mass is 243 g/mol. The van der Waals surface area contributed by atoms with E-state index in [0.29, 0.717) is 13.1 Å². The van der Waals surface area contributed by atoms with E-state index in [0.717, 1.165) is 12.8 Å². The summed E-state index contributed by atoms with van der Waals surface area (Å²) in [5.74, 6) is -1.48. The van der Waals surface area contributed by atoms with Crippen LogP contribution in [0.4, 0.5) is 4.39 Å². The van der Waals surface area contributed by atoms with Crippen molar-refractivity contribution in [1.29, 1.82) is 5.26 Å². The van der Waals surface area contributed by atoms with Crippen LogP contribution in [0, 0.1) is 11.3 Å². The molecule has 1 aliphatic heterocycles. The Bertz CT molecular complexity index is 265. The SMILES string of the molecule is C=C(F)C(=O)N1CCC(N)CC1.CC.CC#N. The predicted molar refractivity (Wildman–Crippen MR) is 66.7 cm³/mol. The number of rotatable bonds is 1. The number of hydrogen-bond acceptors (Lipinski definition) is 3. The van der Waals surface area contributed by atoms with Gasteiger partial charge in [0.1, 0.15) is 0 Å². The Morgan fingerprint density at radius 1 is 1.47 bits per heavy atom. The number of nitrogens with zero attached hydrogens (tertiary/aromatic N) is 2. The molecule has 17 heavy (non-hydrogen) atoms. The zero-order valence-corrected chi connectivity index (χ0v) is 10.9. The third kappa shape index (κ3) is 8.40.